The van der Waals surface area contributed by atoms with Crippen molar-refractivity contribution in [3.63, 3.8) is 0 Å². The molecule has 0 saturated carbocycles. The van der Waals surface area contributed by atoms with E-state index in [1.807, 2.05) is 31.2 Å². The van der Waals surface area contributed by atoms with Crippen LogP contribution in [0.1, 0.15) is 11.3 Å². The van der Waals surface area contributed by atoms with Crippen molar-refractivity contribution in [2.45, 2.75) is 13.5 Å². The first-order valence-electron chi connectivity index (χ1n) is 9.06. The van der Waals surface area contributed by atoms with E-state index >= 15 is 0 Å². The summed E-state index contributed by atoms with van der Waals surface area (Å²) in [5.74, 6) is 0. The van der Waals surface area contributed by atoms with Crippen molar-refractivity contribution in [2.24, 2.45) is 0 Å². The molecule has 2 aromatic rings. The zero-order chi connectivity index (χ0) is 18.5. The van der Waals surface area contributed by atoms with Gasteiger partial charge >= 0.3 is 0 Å². The molecule has 1 fully saturated rings. The van der Waals surface area contributed by atoms with Gasteiger partial charge in [0.05, 0.1) is 13.2 Å². The molecule has 0 amide bonds. The van der Waals surface area contributed by atoms with Crippen molar-refractivity contribution in [2.75, 3.05) is 44.3 Å². The van der Waals surface area contributed by atoms with Gasteiger partial charge in [-0.15, -0.1) is 13.2 Å². The van der Waals surface area contributed by atoms with E-state index in [1.165, 1.54) is 0 Å². The van der Waals surface area contributed by atoms with Crippen molar-refractivity contribution >= 4 is 16.6 Å². The average molecular weight is 353 g/mol. The molecule has 5 heteroatoms. The normalized spacial score (nSPS) is 14.8. The Balaban J connectivity index is 1.99. The van der Waals surface area contributed by atoms with Gasteiger partial charge in [-0.2, -0.15) is 0 Å². The summed E-state index contributed by atoms with van der Waals surface area (Å²) in [6, 6.07) is 6.09. The van der Waals surface area contributed by atoms with Gasteiger partial charge in [0.1, 0.15) is 0 Å². The molecule has 0 radical (unpaired) electrons. The van der Waals surface area contributed by atoms with E-state index in [9.17, 15) is 4.79 Å². The van der Waals surface area contributed by atoms with E-state index in [0.29, 0.717) is 6.54 Å². The molecule has 3 rings (SSSR count). The molecule has 1 aromatic heterocycles. The van der Waals surface area contributed by atoms with Crippen LogP contribution in [0.4, 0.5) is 5.69 Å². The Morgan fingerprint density at radius 3 is 2.58 bits per heavy atom. The molecule has 2 heterocycles. The van der Waals surface area contributed by atoms with Gasteiger partial charge in [-0.1, -0.05) is 12.2 Å². The molecule has 5 nitrogen and oxygen atoms in total. The number of ether oxygens (including phenoxy) is 1. The van der Waals surface area contributed by atoms with Crippen molar-refractivity contribution in [3.05, 3.63) is 65.0 Å². The topological polar surface area (TPSA) is 48.6 Å². The van der Waals surface area contributed by atoms with E-state index in [1.54, 1.807) is 0 Å². The quantitative estimate of drug-likeness (QED) is 0.778. The largest absolute Gasteiger partial charge is 0.378 e. The number of aryl methyl sites for hydroxylation is 1. The number of hydrogen-bond acceptors (Lipinski definition) is 4. The van der Waals surface area contributed by atoms with Crippen molar-refractivity contribution in [3.8, 4) is 0 Å². The zero-order valence-corrected chi connectivity index (χ0v) is 15.5. The first-order chi connectivity index (χ1) is 12.6. The van der Waals surface area contributed by atoms with Crippen LogP contribution in [-0.4, -0.2) is 49.3 Å². The molecular weight excluding hydrogens is 326 g/mol. The van der Waals surface area contributed by atoms with Crippen LogP contribution in [-0.2, 0) is 11.3 Å². The van der Waals surface area contributed by atoms with Crippen LogP contribution < -0.4 is 10.3 Å². The fourth-order valence-electron chi connectivity index (χ4n) is 3.44. The second-order valence-electron chi connectivity index (χ2n) is 6.66. The van der Waals surface area contributed by atoms with Gasteiger partial charge < -0.3 is 14.6 Å². The zero-order valence-electron chi connectivity index (χ0n) is 15.5. The average Bonchev–Trinajstić information content (AvgIpc) is 2.66. The maximum Gasteiger partial charge on any atom is 0.194 e. The van der Waals surface area contributed by atoms with Crippen LogP contribution in [0.3, 0.4) is 0 Å². The van der Waals surface area contributed by atoms with Gasteiger partial charge in [-0.05, 0) is 25.1 Å². The second kappa shape index (κ2) is 8.34. The standard InChI is InChI=1S/C21H27N3O2/c1-4-8-23(9-5-2)15-19-16(3)22-20-7-6-17(14-18(20)21(19)25)24-10-12-26-13-11-24/h4-7,14H,1-2,8-13,15H2,3H3,(H,22,25). The van der Waals surface area contributed by atoms with Gasteiger partial charge in [-0.25, -0.2) is 0 Å². The summed E-state index contributed by atoms with van der Waals surface area (Å²) < 4.78 is 5.43. The minimum Gasteiger partial charge on any atom is -0.378 e. The van der Waals surface area contributed by atoms with E-state index in [0.717, 1.165) is 67.2 Å². The fourth-order valence-corrected chi connectivity index (χ4v) is 3.44. The van der Waals surface area contributed by atoms with Crippen LogP contribution in [0, 0.1) is 6.92 Å². The molecule has 1 N–H and O–H groups in total. The van der Waals surface area contributed by atoms with Crippen molar-refractivity contribution in [1.29, 1.82) is 0 Å². The summed E-state index contributed by atoms with van der Waals surface area (Å²) in [6.45, 7) is 14.8. The summed E-state index contributed by atoms with van der Waals surface area (Å²) >= 11 is 0. The highest BCUT2D eigenvalue weighted by Gasteiger charge is 2.15. The molecular formula is C21H27N3O2. The van der Waals surface area contributed by atoms with Gasteiger partial charge in [0.25, 0.3) is 0 Å². The fraction of sp³-hybridized carbons (Fsp3) is 0.381. The molecule has 1 aromatic carbocycles. The number of fused-ring (bicyclic) bond motifs is 1. The Labute approximate surface area is 154 Å². The van der Waals surface area contributed by atoms with E-state index < -0.39 is 0 Å². The molecule has 0 unspecified atom stereocenters. The molecule has 1 aliphatic rings. The third-order valence-corrected chi connectivity index (χ3v) is 4.83. The van der Waals surface area contributed by atoms with Gasteiger partial charge in [0.15, 0.2) is 5.43 Å². The van der Waals surface area contributed by atoms with Crippen LogP contribution >= 0.6 is 0 Å². The molecule has 0 spiro atoms. The lowest BCUT2D eigenvalue weighted by molar-refractivity contribution is 0.122. The predicted molar refractivity (Wildman–Crippen MR) is 108 cm³/mol. The Morgan fingerprint density at radius 2 is 1.92 bits per heavy atom. The van der Waals surface area contributed by atoms with Gasteiger partial charge in [0.2, 0.25) is 0 Å². The number of rotatable bonds is 7. The first-order valence-corrected chi connectivity index (χ1v) is 9.06. The minimum atomic E-state index is 0.101. The number of H-pyrrole nitrogens is 1. The smallest absolute Gasteiger partial charge is 0.194 e. The Hall–Kier alpha value is -2.37. The lowest BCUT2D eigenvalue weighted by Gasteiger charge is -2.29. The summed E-state index contributed by atoms with van der Waals surface area (Å²) in [5, 5.41) is 0.742. The monoisotopic (exact) mass is 353 g/mol. The third kappa shape index (κ3) is 3.89. The summed E-state index contributed by atoms with van der Waals surface area (Å²) in [7, 11) is 0. The molecule has 26 heavy (non-hydrogen) atoms. The highest BCUT2D eigenvalue weighted by molar-refractivity contribution is 5.83. The number of morpholine rings is 1. The minimum absolute atomic E-state index is 0.101. The van der Waals surface area contributed by atoms with Gasteiger partial charge in [-0.3, -0.25) is 9.69 Å². The van der Waals surface area contributed by atoms with Crippen molar-refractivity contribution in [1.82, 2.24) is 9.88 Å². The van der Waals surface area contributed by atoms with Crippen LogP contribution in [0.5, 0.6) is 0 Å². The number of aromatic nitrogens is 1. The summed E-state index contributed by atoms with van der Waals surface area (Å²) in [5.41, 5.74) is 3.78. The molecule has 0 atom stereocenters. The van der Waals surface area contributed by atoms with E-state index in [4.69, 9.17) is 4.74 Å². The summed E-state index contributed by atoms with van der Waals surface area (Å²) in [4.78, 5) is 21.0. The van der Waals surface area contributed by atoms with E-state index in [2.05, 4.69) is 34.0 Å². The third-order valence-electron chi connectivity index (χ3n) is 4.83. The molecule has 0 aliphatic carbocycles. The number of anilines is 1. The second-order valence-corrected chi connectivity index (χ2v) is 6.66. The highest BCUT2D eigenvalue weighted by atomic mass is 16.5. The Morgan fingerprint density at radius 1 is 1.23 bits per heavy atom. The number of nitrogens with one attached hydrogen (secondary N) is 1. The number of benzene rings is 1. The van der Waals surface area contributed by atoms with Crippen LogP contribution in [0.25, 0.3) is 10.9 Å². The Bertz CT molecular complexity index is 840. The highest BCUT2D eigenvalue weighted by Crippen LogP contribution is 2.21. The molecule has 1 saturated heterocycles. The Kier molecular flexibility index (Phi) is 5.91. The predicted octanol–water partition coefficient (Wildman–Crippen LogP) is 2.85. The van der Waals surface area contributed by atoms with Crippen LogP contribution in [0.2, 0.25) is 0 Å². The lowest BCUT2D eigenvalue weighted by Crippen LogP contribution is -2.36. The number of aromatic amines is 1. The van der Waals surface area contributed by atoms with Crippen molar-refractivity contribution < 1.29 is 4.74 Å². The molecule has 0 bridgehead atoms. The molecule has 138 valence electrons. The van der Waals surface area contributed by atoms with E-state index in [-0.39, 0.29) is 5.43 Å². The SMILES string of the molecule is C=CCN(CC=C)Cc1c(C)[nH]c2ccc(N3CCOCC3)cc2c1=O. The summed E-state index contributed by atoms with van der Waals surface area (Å²) in [6.07, 6.45) is 3.70. The number of nitrogens with zero attached hydrogens (tertiary/aromatic N) is 2. The lowest BCUT2D eigenvalue weighted by atomic mass is 10.1. The maximum atomic E-state index is 13.2. The number of hydrogen-bond donors (Lipinski definition) is 1. The number of pyridine rings is 1. The molecule has 1 aliphatic heterocycles. The first kappa shape index (κ1) is 18.4. The van der Waals surface area contributed by atoms with Gasteiger partial charge in [0, 0.05) is 60.6 Å². The maximum absolute atomic E-state index is 13.2. The van der Waals surface area contributed by atoms with Crippen LogP contribution in [0.15, 0.2) is 48.3 Å².